The van der Waals surface area contributed by atoms with Crippen LogP contribution in [0.5, 0.6) is 5.75 Å². The number of rotatable bonds is 7. The lowest BCUT2D eigenvalue weighted by molar-refractivity contribution is -0.122. The van der Waals surface area contributed by atoms with E-state index in [4.69, 9.17) is 14.0 Å². The van der Waals surface area contributed by atoms with Gasteiger partial charge in [-0.1, -0.05) is 23.4 Å². The number of aromatic nitrogens is 1. The summed E-state index contributed by atoms with van der Waals surface area (Å²) < 4.78 is 17.1. The van der Waals surface area contributed by atoms with Crippen LogP contribution in [0.2, 0.25) is 0 Å². The lowest BCUT2D eigenvalue weighted by Crippen LogP contribution is -2.45. The molecule has 0 spiro atoms. The number of nitrogens with zero attached hydrogens (tertiary/aromatic N) is 2. The molecule has 136 valence electrons. The van der Waals surface area contributed by atoms with Crippen molar-refractivity contribution in [3.63, 3.8) is 0 Å². The van der Waals surface area contributed by atoms with Crippen LogP contribution in [0.3, 0.4) is 0 Å². The summed E-state index contributed by atoms with van der Waals surface area (Å²) in [4.78, 5) is 2.03. The van der Waals surface area contributed by atoms with Crippen molar-refractivity contribution in [2.24, 2.45) is 0 Å². The van der Waals surface area contributed by atoms with Gasteiger partial charge in [0.1, 0.15) is 12.4 Å². The zero-order valence-electron chi connectivity index (χ0n) is 14.8. The lowest BCUT2D eigenvalue weighted by atomic mass is 9.98. The van der Waals surface area contributed by atoms with Crippen LogP contribution >= 0.6 is 0 Å². The molecule has 1 N–H and O–H groups in total. The number of ether oxygens (including phenoxy) is 2. The van der Waals surface area contributed by atoms with Crippen molar-refractivity contribution in [1.29, 1.82) is 0 Å². The average Bonchev–Trinajstić information content (AvgIpc) is 3.04. The maximum Gasteiger partial charge on any atom is 0.174 e. The molecule has 0 amide bonds. The number of aliphatic hydroxyl groups is 1. The van der Waals surface area contributed by atoms with Gasteiger partial charge in [-0.25, -0.2) is 0 Å². The Kier molecular flexibility index (Phi) is 6.07. The largest absolute Gasteiger partial charge is 0.486 e. The smallest absolute Gasteiger partial charge is 0.174 e. The highest BCUT2D eigenvalue weighted by molar-refractivity contribution is 5.21. The van der Waals surface area contributed by atoms with Crippen molar-refractivity contribution in [2.45, 2.75) is 44.2 Å². The number of aliphatic hydroxyl groups excluding tert-OH is 1. The topological polar surface area (TPSA) is 68.0 Å². The second-order valence-electron chi connectivity index (χ2n) is 6.79. The van der Waals surface area contributed by atoms with Crippen LogP contribution in [0.1, 0.15) is 24.3 Å². The van der Waals surface area contributed by atoms with Crippen LogP contribution in [0.15, 0.2) is 40.9 Å². The van der Waals surface area contributed by atoms with Gasteiger partial charge < -0.3 is 24.0 Å². The molecule has 25 heavy (non-hydrogen) atoms. The average molecular weight is 346 g/mol. The molecule has 3 atom stereocenters. The van der Waals surface area contributed by atoms with E-state index in [1.807, 2.05) is 55.4 Å². The first-order chi connectivity index (χ1) is 12.1. The number of hydrogen-bond donors (Lipinski definition) is 1. The Hall–Kier alpha value is -1.89. The minimum atomic E-state index is -0.397. The first kappa shape index (κ1) is 17.9. The van der Waals surface area contributed by atoms with Gasteiger partial charge in [0.05, 0.1) is 24.0 Å². The molecule has 0 bridgehead atoms. The fraction of sp³-hybridized carbons (Fsp3) is 0.526. The minimum Gasteiger partial charge on any atom is -0.486 e. The van der Waals surface area contributed by atoms with Crippen LogP contribution in [0, 0.1) is 0 Å². The molecule has 6 nitrogen and oxygen atoms in total. The Morgan fingerprint density at radius 1 is 1.24 bits per heavy atom. The standard InChI is InChI=1S/C19H26N2O4/c1-21(2)12-19-18(22)9-8-16(24-19)10-14-11-17(25-20-14)13-23-15-6-4-3-5-7-15/h3-7,11,16,18-19,22H,8-10,12-13H2,1-2H3/t16-,18-,19+/m0/s1. The molecule has 2 aromatic rings. The van der Waals surface area contributed by atoms with Crippen LogP contribution in [-0.2, 0) is 17.8 Å². The molecular formula is C19H26N2O4. The number of likely N-dealkylation sites (N-methyl/N-ethyl adjacent to an activating group) is 1. The molecule has 0 aliphatic carbocycles. The highest BCUT2D eigenvalue weighted by Gasteiger charge is 2.30. The fourth-order valence-electron chi connectivity index (χ4n) is 3.05. The summed E-state index contributed by atoms with van der Waals surface area (Å²) in [7, 11) is 3.96. The van der Waals surface area contributed by atoms with Crippen LogP contribution in [-0.4, -0.2) is 54.1 Å². The molecule has 1 aromatic heterocycles. The molecule has 0 unspecified atom stereocenters. The van der Waals surface area contributed by atoms with Gasteiger partial charge in [0.15, 0.2) is 5.76 Å². The van der Waals surface area contributed by atoms with Crippen LogP contribution in [0.25, 0.3) is 0 Å². The molecule has 2 heterocycles. The normalized spacial score (nSPS) is 23.8. The van der Waals surface area contributed by atoms with Gasteiger partial charge >= 0.3 is 0 Å². The molecule has 0 saturated carbocycles. The summed E-state index contributed by atoms with van der Waals surface area (Å²) in [5, 5.41) is 14.2. The lowest BCUT2D eigenvalue weighted by Gasteiger charge is -2.35. The third kappa shape index (κ3) is 5.29. The van der Waals surface area contributed by atoms with E-state index in [2.05, 4.69) is 5.16 Å². The van der Waals surface area contributed by atoms with E-state index in [0.29, 0.717) is 25.3 Å². The first-order valence-electron chi connectivity index (χ1n) is 8.70. The van der Waals surface area contributed by atoms with E-state index in [1.54, 1.807) is 0 Å². The monoisotopic (exact) mass is 346 g/mol. The van der Waals surface area contributed by atoms with Crippen molar-refractivity contribution >= 4 is 0 Å². The molecule has 3 rings (SSSR count). The van der Waals surface area contributed by atoms with E-state index in [-0.39, 0.29) is 12.2 Å². The minimum absolute atomic E-state index is 0.0568. The second kappa shape index (κ2) is 8.47. The molecule has 1 aromatic carbocycles. The van der Waals surface area contributed by atoms with Crippen molar-refractivity contribution in [3.05, 3.63) is 47.9 Å². The number of para-hydroxylation sites is 1. The second-order valence-corrected chi connectivity index (χ2v) is 6.79. The third-order valence-electron chi connectivity index (χ3n) is 4.29. The summed E-state index contributed by atoms with van der Waals surface area (Å²) in [5.41, 5.74) is 0.858. The quantitative estimate of drug-likeness (QED) is 0.829. The number of hydrogen-bond acceptors (Lipinski definition) is 6. The molecular weight excluding hydrogens is 320 g/mol. The van der Waals surface area contributed by atoms with Gasteiger partial charge in [0.2, 0.25) is 0 Å². The Morgan fingerprint density at radius 2 is 2.04 bits per heavy atom. The highest BCUT2D eigenvalue weighted by Crippen LogP contribution is 2.23. The Labute approximate surface area is 148 Å². The van der Waals surface area contributed by atoms with E-state index < -0.39 is 6.10 Å². The third-order valence-corrected chi connectivity index (χ3v) is 4.29. The zero-order chi connectivity index (χ0) is 17.6. The first-order valence-corrected chi connectivity index (χ1v) is 8.70. The number of benzene rings is 1. The SMILES string of the molecule is CN(C)C[C@H]1O[C@H](Cc2cc(COc3ccccc3)on2)CC[C@@H]1O. The van der Waals surface area contributed by atoms with Crippen molar-refractivity contribution < 1.29 is 19.1 Å². The van der Waals surface area contributed by atoms with Gasteiger partial charge in [-0.05, 0) is 39.1 Å². The molecule has 6 heteroatoms. The molecule has 1 fully saturated rings. The van der Waals surface area contributed by atoms with Crippen molar-refractivity contribution in [2.75, 3.05) is 20.6 Å². The summed E-state index contributed by atoms with van der Waals surface area (Å²) in [6.45, 7) is 1.07. The van der Waals surface area contributed by atoms with Crippen LogP contribution in [0.4, 0.5) is 0 Å². The summed E-state index contributed by atoms with van der Waals surface area (Å²) in [6, 6.07) is 11.5. The van der Waals surface area contributed by atoms with Gasteiger partial charge in [-0.3, -0.25) is 0 Å². The van der Waals surface area contributed by atoms with E-state index >= 15 is 0 Å². The highest BCUT2D eigenvalue weighted by atomic mass is 16.5. The van der Waals surface area contributed by atoms with Gasteiger partial charge in [0, 0.05) is 19.0 Å². The Balaban J connectivity index is 1.51. The molecule has 1 saturated heterocycles. The summed E-state index contributed by atoms with van der Waals surface area (Å²) in [6.07, 6.45) is 1.78. The molecule has 1 aliphatic heterocycles. The predicted octanol–water partition coefficient (Wildman–Crippen LogP) is 2.27. The van der Waals surface area contributed by atoms with Gasteiger partial charge in [0.25, 0.3) is 0 Å². The maximum atomic E-state index is 10.1. The zero-order valence-corrected chi connectivity index (χ0v) is 14.8. The Bertz CT molecular complexity index is 644. The van der Waals surface area contributed by atoms with Crippen molar-refractivity contribution in [3.8, 4) is 5.75 Å². The molecule has 0 radical (unpaired) electrons. The fourth-order valence-corrected chi connectivity index (χ4v) is 3.05. The van der Waals surface area contributed by atoms with Crippen LogP contribution < -0.4 is 4.74 Å². The predicted molar refractivity (Wildman–Crippen MR) is 93.4 cm³/mol. The summed E-state index contributed by atoms with van der Waals surface area (Å²) in [5.74, 6) is 1.50. The van der Waals surface area contributed by atoms with Crippen molar-refractivity contribution in [1.82, 2.24) is 10.1 Å². The van der Waals surface area contributed by atoms with E-state index in [0.717, 1.165) is 24.3 Å². The van der Waals surface area contributed by atoms with E-state index in [9.17, 15) is 5.11 Å². The van der Waals surface area contributed by atoms with Gasteiger partial charge in [-0.15, -0.1) is 0 Å². The van der Waals surface area contributed by atoms with E-state index in [1.165, 1.54) is 0 Å². The summed E-state index contributed by atoms with van der Waals surface area (Å²) >= 11 is 0. The van der Waals surface area contributed by atoms with Gasteiger partial charge in [-0.2, -0.15) is 0 Å². The molecule has 1 aliphatic rings. The maximum absolute atomic E-state index is 10.1. The Morgan fingerprint density at radius 3 is 2.80 bits per heavy atom.